The predicted octanol–water partition coefficient (Wildman–Crippen LogP) is 6.35. The molecule has 3 aromatic carbocycles. The number of para-hydroxylation sites is 1. The van der Waals surface area contributed by atoms with Crippen LogP contribution < -0.4 is 4.90 Å². The SMILES string of the molecule is Oc1ccc(C=Cc2ccc3c(c2)C2CCCC2N3c2ccccc2)cc1. The summed E-state index contributed by atoms with van der Waals surface area (Å²) in [4.78, 5) is 2.56. The molecule has 0 spiro atoms. The highest BCUT2D eigenvalue weighted by Gasteiger charge is 2.41. The van der Waals surface area contributed by atoms with E-state index in [1.807, 2.05) is 12.1 Å². The van der Waals surface area contributed by atoms with Crippen molar-refractivity contribution in [3.63, 3.8) is 0 Å². The average molecular weight is 353 g/mol. The maximum Gasteiger partial charge on any atom is 0.115 e. The van der Waals surface area contributed by atoms with Crippen LogP contribution in [0, 0.1) is 0 Å². The number of phenolic OH excluding ortho intramolecular Hbond substituents is 1. The van der Waals surface area contributed by atoms with Gasteiger partial charge in [0.2, 0.25) is 0 Å². The second-order valence-corrected chi connectivity index (χ2v) is 7.55. The molecule has 27 heavy (non-hydrogen) atoms. The third-order valence-corrected chi connectivity index (χ3v) is 5.92. The standard InChI is InChI=1S/C25H23NO/c27-21-14-11-18(12-15-21)9-10-19-13-16-25-23(17-19)22-7-4-8-24(22)26(25)20-5-2-1-3-6-20/h1-3,5-6,9-17,22,24,27H,4,7-8H2. The number of rotatable bonds is 3. The van der Waals surface area contributed by atoms with Crippen LogP contribution in [0.15, 0.2) is 72.8 Å². The lowest BCUT2D eigenvalue weighted by Gasteiger charge is -2.27. The van der Waals surface area contributed by atoms with Crippen molar-refractivity contribution in [3.05, 3.63) is 89.5 Å². The van der Waals surface area contributed by atoms with Crippen LogP contribution >= 0.6 is 0 Å². The number of fused-ring (bicyclic) bond motifs is 3. The van der Waals surface area contributed by atoms with Gasteiger partial charge in [-0.15, -0.1) is 0 Å². The molecular formula is C25H23NO. The molecule has 0 bridgehead atoms. The highest BCUT2D eigenvalue weighted by Crippen LogP contribution is 2.52. The van der Waals surface area contributed by atoms with Crippen LogP contribution in [0.2, 0.25) is 0 Å². The Labute approximate surface area is 160 Å². The monoisotopic (exact) mass is 353 g/mol. The number of hydrogen-bond donors (Lipinski definition) is 1. The fourth-order valence-electron chi connectivity index (χ4n) is 4.68. The fraction of sp³-hybridized carbons (Fsp3) is 0.200. The van der Waals surface area contributed by atoms with Gasteiger partial charge in [-0.2, -0.15) is 0 Å². The van der Waals surface area contributed by atoms with Crippen LogP contribution in [0.4, 0.5) is 11.4 Å². The van der Waals surface area contributed by atoms with E-state index in [1.54, 1.807) is 12.1 Å². The zero-order chi connectivity index (χ0) is 18.2. The maximum absolute atomic E-state index is 9.42. The molecule has 2 heteroatoms. The third kappa shape index (κ3) is 2.91. The van der Waals surface area contributed by atoms with E-state index in [0.717, 1.165) is 5.56 Å². The van der Waals surface area contributed by atoms with E-state index in [0.29, 0.717) is 17.7 Å². The minimum atomic E-state index is 0.304. The summed E-state index contributed by atoms with van der Waals surface area (Å²) in [6.45, 7) is 0. The van der Waals surface area contributed by atoms with Gasteiger partial charge in [0, 0.05) is 23.3 Å². The summed E-state index contributed by atoms with van der Waals surface area (Å²) >= 11 is 0. The summed E-state index contributed by atoms with van der Waals surface area (Å²) in [5.41, 5.74) is 6.51. The molecule has 1 fully saturated rings. The van der Waals surface area contributed by atoms with Gasteiger partial charge in [-0.3, -0.25) is 0 Å². The van der Waals surface area contributed by atoms with Gasteiger partial charge in [-0.05, 0) is 65.9 Å². The van der Waals surface area contributed by atoms with E-state index in [-0.39, 0.29) is 0 Å². The second kappa shape index (κ2) is 6.62. The molecule has 1 aliphatic heterocycles. The van der Waals surface area contributed by atoms with Gasteiger partial charge >= 0.3 is 0 Å². The van der Waals surface area contributed by atoms with Crippen LogP contribution in [0.5, 0.6) is 5.75 Å². The molecule has 1 N–H and O–H groups in total. The fourth-order valence-corrected chi connectivity index (χ4v) is 4.68. The molecule has 2 nitrogen and oxygen atoms in total. The predicted molar refractivity (Wildman–Crippen MR) is 112 cm³/mol. The van der Waals surface area contributed by atoms with Crippen LogP contribution in [0.25, 0.3) is 12.2 Å². The van der Waals surface area contributed by atoms with Crippen LogP contribution in [0.1, 0.15) is 41.9 Å². The van der Waals surface area contributed by atoms with Crippen LogP contribution in [-0.2, 0) is 0 Å². The molecule has 0 amide bonds. The number of phenols is 1. The van der Waals surface area contributed by atoms with Crippen molar-refractivity contribution < 1.29 is 5.11 Å². The number of aromatic hydroxyl groups is 1. The van der Waals surface area contributed by atoms with Crippen molar-refractivity contribution in [2.45, 2.75) is 31.2 Å². The van der Waals surface area contributed by atoms with Crippen molar-refractivity contribution in [3.8, 4) is 5.75 Å². The van der Waals surface area contributed by atoms with E-state index in [9.17, 15) is 5.11 Å². The molecule has 5 rings (SSSR count). The summed E-state index contributed by atoms with van der Waals surface area (Å²) in [6, 6.07) is 25.6. The Morgan fingerprint density at radius 3 is 2.37 bits per heavy atom. The van der Waals surface area contributed by atoms with Crippen molar-refractivity contribution >= 4 is 23.5 Å². The summed E-state index contributed by atoms with van der Waals surface area (Å²) in [5.74, 6) is 0.945. The molecule has 1 aliphatic carbocycles. The smallest absolute Gasteiger partial charge is 0.115 e. The van der Waals surface area contributed by atoms with Gasteiger partial charge in [0.05, 0.1) is 0 Å². The van der Waals surface area contributed by atoms with E-state index >= 15 is 0 Å². The Balaban J connectivity index is 1.49. The first-order valence-corrected chi connectivity index (χ1v) is 9.75. The average Bonchev–Trinajstić information content (AvgIpc) is 3.29. The normalized spacial score (nSPS) is 20.8. The van der Waals surface area contributed by atoms with Gasteiger partial charge < -0.3 is 10.0 Å². The molecule has 2 aliphatic rings. The van der Waals surface area contributed by atoms with E-state index in [1.165, 1.54) is 41.8 Å². The summed E-state index contributed by atoms with van der Waals surface area (Å²) in [5, 5.41) is 9.42. The van der Waals surface area contributed by atoms with E-state index in [2.05, 4.69) is 65.6 Å². The van der Waals surface area contributed by atoms with Crippen LogP contribution in [-0.4, -0.2) is 11.1 Å². The highest BCUT2D eigenvalue weighted by atomic mass is 16.3. The zero-order valence-electron chi connectivity index (χ0n) is 15.3. The van der Waals surface area contributed by atoms with Gasteiger partial charge in [0.1, 0.15) is 5.75 Å². The minimum absolute atomic E-state index is 0.304. The zero-order valence-corrected chi connectivity index (χ0v) is 15.3. The Morgan fingerprint density at radius 1 is 0.815 bits per heavy atom. The number of benzene rings is 3. The molecule has 134 valence electrons. The topological polar surface area (TPSA) is 23.5 Å². The van der Waals surface area contributed by atoms with Gasteiger partial charge in [-0.1, -0.05) is 55.0 Å². The molecule has 1 saturated carbocycles. The molecular weight excluding hydrogens is 330 g/mol. The lowest BCUT2D eigenvalue weighted by Crippen LogP contribution is -2.26. The van der Waals surface area contributed by atoms with Crippen molar-refractivity contribution in [2.24, 2.45) is 0 Å². The molecule has 0 aromatic heterocycles. The summed E-state index contributed by atoms with van der Waals surface area (Å²) < 4.78 is 0. The lowest BCUT2D eigenvalue weighted by molar-refractivity contribution is 0.475. The Kier molecular flexibility index (Phi) is 3.97. The molecule has 1 heterocycles. The molecule has 3 aromatic rings. The Hall–Kier alpha value is -3.00. The second-order valence-electron chi connectivity index (χ2n) is 7.55. The largest absolute Gasteiger partial charge is 0.508 e. The van der Waals surface area contributed by atoms with E-state index in [4.69, 9.17) is 0 Å². The minimum Gasteiger partial charge on any atom is -0.508 e. The highest BCUT2D eigenvalue weighted by molar-refractivity contribution is 5.77. The first-order valence-electron chi connectivity index (χ1n) is 9.75. The first-order chi connectivity index (χ1) is 13.3. The quantitative estimate of drug-likeness (QED) is 0.555. The summed E-state index contributed by atoms with van der Waals surface area (Å²) in [7, 11) is 0. The Morgan fingerprint density at radius 2 is 1.56 bits per heavy atom. The van der Waals surface area contributed by atoms with Gasteiger partial charge in [0.25, 0.3) is 0 Å². The van der Waals surface area contributed by atoms with Crippen molar-refractivity contribution in [1.82, 2.24) is 0 Å². The van der Waals surface area contributed by atoms with Crippen LogP contribution in [0.3, 0.4) is 0 Å². The van der Waals surface area contributed by atoms with E-state index < -0.39 is 0 Å². The summed E-state index contributed by atoms with van der Waals surface area (Å²) in [6.07, 6.45) is 8.14. The first kappa shape index (κ1) is 16.2. The maximum atomic E-state index is 9.42. The lowest BCUT2D eigenvalue weighted by atomic mass is 9.95. The van der Waals surface area contributed by atoms with Crippen molar-refractivity contribution in [2.75, 3.05) is 4.90 Å². The van der Waals surface area contributed by atoms with Gasteiger partial charge in [0.15, 0.2) is 0 Å². The molecule has 2 unspecified atom stereocenters. The number of nitrogens with zero attached hydrogens (tertiary/aromatic N) is 1. The number of anilines is 2. The molecule has 0 radical (unpaired) electrons. The molecule has 2 atom stereocenters. The third-order valence-electron chi connectivity index (χ3n) is 5.92. The van der Waals surface area contributed by atoms with Gasteiger partial charge in [-0.25, -0.2) is 0 Å². The Bertz CT molecular complexity index is 975. The molecule has 0 saturated heterocycles. The number of hydrogen-bond acceptors (Lipinski definition) is 2. The van der Waals surface area contributed by atoms with Crippen molar-refractivity contribution in [1.29, 1.82) is 0 Å².